The van der Waals surface area contributed by atoms with E-state index in [0.29, 0.717) is 13.0 Å². The second-order valence-corrected chi connectivity index (χ2v) is 5.94. The van der Waals surface area contributed by atoms with Gasteiger partial charge < -0.3 is 19.9 Å². The van der Waals surface area contributed by atoms with Crippen molar-refractivity contribution < 1.29 is 14.3 Å². The summed E-state index contributed by atoms with van der Waals surface area (Å²) in [6.45, 7) is 5.95. The largest absolute Gasteiger partial charge is 0.378 e. The van der Waals surface area contributed by atoms with Crippen molar-refractivity contribution in [1.29, 1.82) is 0 Å². The summed E-state index contributed by atoms with van der Waals surface area (Å²) in [6, 6.07) is 6.33. The van der Waals surface area contributed by atoms with Crippen LogP contribution in [0.25, 0.3) is 0 Å². The molecule has 2 aliphatic heterocycles. The van der Waals surface area contributed by atoms with Crippen molar-refractivity contribution in [1.82, 2.24) is 5.32 Å². The average molecular weight is 317 g/mol. The molecule has 0 aliphatic carbocycles. The molecule has 0 radical (unpaired) electrons. The Labute approximate surface area is 136 Å². The molecule has 6 nitrogen and oxygen atoms in total. The molecule has 1 N–H and O–H groups in total. The predicted molar refractivity (Wildman–Crippen MR) is 88.8 cm³/mol. The van der Waals surface area contributed by atoms with E-state index in [9.17, 15) is 9.59 Å². The van der Waals surface area contributed by atoms with E-state index in [1.807, 2.05) is 11.0 Å². The average Bonchev–Trinajstić information content (AvgIpc) is 2.98. The summed E-state index contributed by atoms with van der Waals surface area (Å²) in [5, 5.41) is 2.67. The van der Waals surface area contributed by atoms with E-state index in [4.69, 9.17) is 4.74 Å². The quantitative estimate of drug-likeness (QED) is 0.898. The minimum atomic E-state index is -0.102. The molecule has 0 atom stereocenters. The smallest absolute Gasteiger partial charge is 0.228 e. The number of fused-ring (bicyclic) bond motifs is 1. The first-order valence-electron chi connectivity index (χ1n) is 8.15. The van der Waals surface area contributed by atoms with Gasteiger partial charge in [-0.2, -0.15) is 0 Å². The number of morpholine rings is 1. The summed E-state index contributed by atoms with van der Waals surface area (Å²) < 4.78 is 5.39. The second-order valence-electron chi connectivity index (χ2n) is 5.94. The second kappa shape index (κ2) is 7.00. The molecule has 0 spiro atoms. The first kappa shape index (κ1) is 15.8. The number of benzene rings is 1. The van der Waals surface area contributed by atoms with Gasteiger partial charge in [-0.25, -0.2) is 0 Å². The zero-order valence-corrected chi connectivity index (χ0v) is 13.5. The van der Waals surface area contributed by atoms with Gasteiger partial charge >= 0.3 is 0 Å². The van der Waals surface area contributed by atoms with Crippen LogP contribution in [0.2, 0.25) is 0 Å². The molecule has 2 heterocycles. The van der Waals surface area contributed by atoms with Crippen molar-refractivity contribution in [2.45, 2.75) is 19.8 Å². The van der Waals surface area contributed by atoms with Gasteiger partial charge in [-0.15, -0.1) is 0 Å². The number of hydrogen-bond acceptors (Lipinski definition) is 4. The monoisotopic (exact) mass is 317 g/mol. The Balaban J connectivity index is 1.66. The molecule has 0 aromatic heterocycles. The molecule has 0 bridgehead atoms. The molecule has 23 heavy (non-hydrogen) atoms. The SMILES string of the molecule is CC(=O)NCCC(=O)N1CCc2cc(N3CCOCC3)ccc21. The molecule has 0 unspecified atom stereocenters. The minimum absolute atomic E-state index is 0.0663. The molecule has 3 rings (SSSR count). The van der Waals surface area contributed by atoms with Gasteiger partial charge in [0.15, 0.2) is 0 Å². The van der Waals surface area contributed by atoms with Gasteiger partial charge in [-0.3, -0.25) is 9.59 Å². The zero-order chi connectivity index (χ0) is 16.2. The molecule has 6 heteroatoms. The Morgan fingerprint density at radius 3 is 2.74 bits per heavy atom. The van der Waals surface area contributed by atoms with Crippen LogP contribution in [0.5, 0.6) is 0 Å². The zero-order valence-electron chi connectivity index (χ0n) is 13.5. The van der Waals surface area contributed by atoms with Crippen molar-refractivity contribution in [2.75, 3.05) is 49.2 Å². The summed E-state index contributed by atoms with van der Waals surface area (Å²) in [6.07, 6.45) is 1.23. The van der Waals surface area contributed by atoms with Crippen molar-refractivity contribution in [3.05, 3.63) is 23.8 Å². The maximum Gasteiger partial charge on any atom is 0.228 e. The first-order chi connectivity index (χ1) is 11.1. The van der Waals surface area contributed by atoms with E-state index in [-0.39, 0.29) is 11.8 Å². The van der Waals surface area contributed by atoms with Gasteiger partial charge in [0.2, 0.25) is 11.8 Å². The molecule has 1 fully saturated rings. The maximum absolute atomic E-state index is 12.3. The van der Waals surface area contributed by atoms with Crippen LogP contribution in [0.4, 0.5) is 11.4 Å². The molecule has 2 aliphatic rings. The molecular weight excluding hydrogens is 294 g/mol. The molecule has 2 amide bonds. The third-order valence-electron chi connectivity index (χ3n) is 4.35. The highest BCUT2D eigenvalue weighted by atomic mass is 16.5. The number of amides is 2. The Hall–Kier alpha value is -2.08. The predicted octanol–water partition coefficient (Wildman–Crippen LogP) is 0.938. The van der Waals surface area contributed by atoms with Crippen LogP contribution in [0.3, 0.4) is 0 Å². The van der Waals surface area contributed by atoms with E-state index < -0.39 is 0 Å². The molecule has 124 valence electrons. The van der Waals surface area contributed by atoms with Gasteiger partial charge in [-0.05, 0) is 30.2 Å². The number of nitrogens with zero attached hydrogens (tertiary/aromatic N) is 2. The van der Waals surface area contributed by atoms with Crippen LogP contribution >= 0.6 is 0 Å². The standard InChI is InChI=1S/C17H23N3O3/c1-13(21)18-6-4-17(22)20-7-5-14-12-15(2-3-16(14)20)19-8-10-23-11-9-19/h2-3,12H,4-11H2,1H3,(H,18,21). The number of nitrogens with one attached hydrogen (secondary N) is 1. The van der Waals surface area contributed by atoms with Crippen molar-refractivity contribution in [3.63, 3.8) is 0 Å². The highest BCUT2D eigenvalue weighted by molar-refractivity contribution is 5.96. The van der Waals surface area contributed by atoms with E-state index in [1.54, 1.807) is 0 Å². The van der Waals surface area contributed by atoms with E-state index in [0.717, 1.165) is 45.0 Å². The van der Waals surface area contributed by atoms with E-state index in [2.05, 4.69) is 22.3 Å². The minimum Gasteiger partial charge on any atom is -0.378 e. The number of anilines is 2. The van der Waals surface area contributed by atoms with Crippen LogP contribution in [-0.2, 0) is 20.7 Å². The van der Waals surface area contributed by atoms with Crippen molar-refractivity contribution in [2.24, 2.45) is 0 Å². The Morgan fingerprint density at radius 1 is 1.22 bits per heavy atom. The summed E-state index contributed by atoms with van der Waals surface area (Å²) >= 11 is 0. The number of carbonyl (C=O) groups is 2. The van der Waals surface area contributed by atoms with Crippen molar-refractivity contribution >= 4 is 23.2 Å². The van der Waals surface area contributed by atoms with Gasteiger partial charge in [-0.1, -0.05) is 0 Å². The highest BCUT2D eigenvalue weighted by Crippen LogP contribution is 2.32. The van der Waals surface area contributed by atoms with Crippen LogP contribution in [0, 0.1) is 0 Å². The molecule has 1 aromatic rings. The maximum atomic E-state index is 12.3. The van der Waals surface area contributed by atoms with Gasteiger partial charge in [0.1, 0.15) is 0 Å². The van der Waals surface area contributed by atoms with Crippen LogP contribution in [0.15, 0.2) is 18.2 Å². The fourth-order valence-corrected chi connectivity index (χ4v) is 3.15. The Kier molecular flexibility index (Phi) is 4.81. The topological polar surface area (TPSA) is 61.9 Å². The lowest BCUT2D eigenvalue weighted by Crippen LogP contribution is -2.36. The summed E-state index contributed by atoms with van der Waals surface area (Å²) in [5.74, 6) is -0.0357. The summed E-state index contributed by atoms with van der Waals surface area (Å²) in [4.78, 5) is 27.4. The number of rotatable bonds is 4. The molecule has 1 saturated heterocycles. The van der Waals surface area contributed by atoms with E-state index >= 15 is 0 Å². The Morgan fingerprint density at radius 2 is 2.00 bits per heavy atom. The van der Waals surface area contributed by atoms with Crippen LogP contribution in [-0.4, -0.2) is 51.2 Å². The normalized spacial score (nSPS) is 17.1. The summed E-state index contributed by atoms with van der Waals surface area (Å²) in [5.41, 5.74) is 3.44. The summed E-state index contributed by atoms with van der Waals surface area (Å²) in [7, 11) is 0. The Bertz CT molecular complexity index is 597. The van der Waals surface area contributed by atoms with Crippen LogP contribution in [0.1, 0.15) is 18.9 Å². The van der Waals surface area contributed by atoms with Gasteiger partial charge in [0.25, 0.3) is 0 Å². The lowest BCUT2D eigenvalue weighted by Gasteiger charge is -2.29. The first-order valence-corrected chi connectivity index (χ1v) is 8.15. The molecular formula is C17H23N3O3. The number of hydrogen-bond donors (Lipinski definition) is 1. The fourth-order valence-electron chi connectivity index (χ4n) is 3.15. The third kappa shape index (κ3) is 3.64. The van der Waals surface area contributed by atoms with Crippen LogP contribution < -0.4 is 15.1 Å². The lowest BCUT2D eigenvalue weighted by molar-refractivity contribution is -0.119. The van der Waals surface area contributed by atoms with Gasteiger partial charge in [0.05, 0.1) is 13.2 Å². The van der Waals surface area contributed by atoms with Crippen molar-refractivity contribution in [3.8, 4) is 0 Å². The molecule has 0 saturated carbocycles. The fraction of sp³-hybridized carbons (Fsp3) is 0.529. The highest BCUT2D eigenvalue weighted by Gasteiger charge is 2.25. The molecule has 1 aromatic carbocycles. The number of ether oxygens (including phenoxy) is 1. The lowest BCUT2D eigenvalue weighted by atomic mass is 10.1. The third-order valence-corrected chi connectivity index (χ3v) is 4.35. The number of carbonyl (C=O) groups excluding carboxylic acids is 2. The van der Waals surface area contributed by atoms with E-state index in [1.165, 1.54) is 18.2 Å². The van der Waals surface area contributed by atoms with Gasteiger partial charge in [0, 0.05) is 50.9 Å².